The molecule has 2 aromatic carbocycles. The van der Waals surface area contributed by atoms with E-state index >= 15 is 0 Å². The van der Waals surface area contributed by atoms with E-state index in [0.717, 1.165) is 23.3 Å². The van der Waals surface area contributed by atoms with Gasteiger partial charge in [-0.25, -0.2) is 4.79 Å². The van der Waals surface area contributed by atoms with Crippen molar-refractivity contribution < 1.29 is 18.0 Å². The van der Waals surface area contributed by atoms with Gasteiger partial charge in [0.25, 0.3) is 0 Å². The number of alkyl halides is 3. The molecule has 0 fully saturated rings. The minimum Gasteiger partial charge on any atom is -0.334 e. The van der Waals surface area contributed by atoms with Crippen molar-refractivity contribution in [1.29, 1.82) is 0 Å². The predicted octanol–water partition coefficient (Wildman–Crippen LogP) is 3.86. The molecule has 0 unspecified atom stereocenters. The quantitative estimate of drug-likeness (QED) is 0.814. The Morgan fingerprint density at radius 1 is 1.08 bits per heavy atom. The van der Waals surface area contributed by atoms with Crippen LogP contribution in [-0.2, 0) is 12.7 Å². The number of halogens is 3. The number of amides is 2. The van der Waals surface area contributed by atoms with E-state index in [1.54, 1.807) is 0 Å². The Kier molecular flexibility index (Phi) is 6.07. The standard InChI is InChI=1S/C19H17F3N2O/c1-14-5-2-7-16(11-14)13-24-18(25)23-10-4-8-15-6-3-9-17(12-15)19(20,21)22/h2-3,5-7,9,11-12H,10,13H2,1H3,(H2,23,24,25). The topological polar surface area (TPSA) is 41.1 Å². The van der Waals surface area contributed by atoms with Gasteiger partial charge in [0.05, 0.1) is 12.1 Å². The van der Waals surface area contributed by atoms with E-state index in [1.807, 2.05) is 31.2 Å². The Morgan fingerprint density at radius 3 is 2.56 bits per heavy atom. The zero-order valence-electron chi connectivity index (χ0n) is 13.6. The molecule has 2 rings (SSSR count). The van der Waals surface area contributed by atoms with Gasteiger partial charge in [0, 0.05) is 12.1 Å². The van der Waals surface area contributed by atoms with E-state index in [9.17, 15) is 18.0 Å². The van der Waals surface area contributed by atoms with Crippen molar-refractivity contribution >= 4 is 6.03 Å². The predicted molar refractivity (Wildman–Crippen MR) is 89.7 cm³/mol. The Hall–Kier alpha value is -2.94. The Labute approximate surface area is 144 Å². The second kappa shape index (κ2) is 8.25. The summed E-state index contributed by atoms with van der Waals surface area (Å²) in [5.74, 6) is 5.23. The van der Waals surface area contributed by atoms with E-state index < -0.39 is 11.7 Å². The third-order valence-electron chi connectivity index (χ3n) is 3.30. The molecule has 0 aromatic heterocycles. The lowest BCUT2D eigenvalue weighted by Gasteiger charge is -2.06. The van der Waals surface area contributed by atoms with Gasteiger partial charge in [0.2, 0.25) is 0 Å². The SMILES string of the molecule is Cc1cccc(CNC(=O)NCC#Cc2cccc(C(F)(F)F)c2)c1. The first kappa shape index (κ1) is 18.4. The minimum atomic E-state index is -4.40. The number of urea groups is 1. The summed E-state index contributed by atoms with van der Waals surface area (Å²) in [6, 6.07) is 12.1. The number of benzene rings is 2. The van der Waals surface area contributed by atoms with Crippen molar-refractivity contribution in [2.24, 2.45) is 0 Å². The van der Waals surface area contributed by atoms with Crippen LogP contribution < -0.4 is 10.6 Å². The summed E-state index contributed by atoms with van der Waals surface area (Å²) in [7, 11) is 0. The number of carbonyl (C=O) groups is 1. The van der Waals surface area contributed by atoms with E-state index in [1.165, 1.54) is 12.1 Å². The summed E-state index contributed by atoms with van der Waals surface area (Å²) in [6.07, 6.45) is -4.40. The monoisotopic (exact) mass is 346 g/mol. The lowest BCUT2D eigenvalue weighted by molar-refractivity contribution is -0.137. The van der Waals surface area contributed by atoms with Crippen molar-refractivity contribution in [3.05, 3.63) is 70.8 Å². The number of rotatable bonds is 3. The fraction of sp³-hybridized carbons (Fsp3) is 0.211. The first-order valence-electron chi connectivity index (χ1n) is 7.58. The van der Waals surface area contributed by atoms with Crippen LogP contribution in [0, 0.1) is 18.8 Å². The summed E-state index contributed by atoms with van der Waals surface area (Å²) in [5, 5.41) is 5.22. The summed E-state index contributed by atoms with van der Waals surface area (Å²) in [4.78, 5) is 11.7. The number of hydrogen-bond donors (Lipinski definition) is 2. The van der Waals surface area contributed by atoms with Crippen LogP contribution in [0.4, 0.5) is 18.0 Å². The fourth-order valence-electron chi connectivity index (χ4n) is 2.11. The van der Waals surface area contributed by atoms with Gasteiger partial charge in [0.15, 0.2) is 0 Å². The van der Waals surface area contributed by atoms with E-state index in [2.05, 4.69) is 22.5 Å². The van der Waals surface area contributed by atoms with Gasteiger partial charge in [0.1, 0.15) is 0 Å². The molecule has 0 saturated heterocycles. The van der Waals surface area contributed by atoms with Crippen molar-refractivity contribution in [2.75, 3.05) is 6.54 Å². The molecule has 0 atom stereocenters. The van der Waals surface area contributed by atoms with Crippen LogP contribution in [0.15, 0.2) is 48.5 Å². The molecule has 2 N–H and O–H groups in total. The molecule has 0 bridgehead atoms. The molecule has 130 valence electrons. The molecule has 0 saturated carbocycles. The van der Waals surface area contributed by atoms with Crippen molar-refractivity contribution in [3.63, 3.8) is 0 Å². The smallest absolute Gasteiger partial charge is 0.334 e. The van der Waals surface area contributed by atoms with Gasteiger partial charge in [-0.3, -0.25) is 0 Å². The third kappa shape index (κ3) is 6.22. The van der Waals surface area contributed by atoms with Gasteiger partial charge in [-0.05, 0) is 30.7 Å². The first-order valence-corrected chi connectivity index (χ1v) is 7.58. The van der Waals surface area contributed by atoms with Crippen molar-refractivity contribution in [1.82, 2.24) is 10.6 Å². The molecule has 25 heavy (non-hydrogen) atoms. The number of hydrogen-bond acceptors (Lipinski definition) is 1. The van der Waals surface area contributed by atoms with Crippen molar-refractivity contribution in [3.8, 4) is 11.8 Å². The molecule has 0 aliphatic rings. The highest BCUT2D eigenvalue weighted by molar-refractivity contribution is 5.74. The Morgan fingerprint density at radius 2 is 1.84 bits per heavy atom. The highest BCUT2D eigenvalue weighted by Gasteiger charge is 2.30. The van der Waals surface area contributed by atoms with Gasteiger partial charge in [-0.15, -0.1) is 0 Å². The molecular weight excluding hydrogens is 329 g/mol. The average molecular weight is 346 g/mol. The second-order valence-electron chi connectivity index (χ2n) is 5.41. The number of carbonyl (C=O) groups excluding carboxylic acids is 1. The first-order chi connectivity index (χ1) is 11.8. The summed E-state index contributed by atoms with van der Waals surface area (Å²) in [6.45, 7) is 2.39. The maximum absolute atomic E-state index is 12.6. The van der Waals surface area contributed by atoms with Crippen LogP contribution in [0.2, 0.25) is 0 Å². The maximum atomic E-state index is 12.6. The molecule has 0 spiro atoms. The Balaban J connectivity index is 1.81. The van der Waals surface area contributed by atoms with Crippen LogP contribution in [-0.4, -0.2) is 12.6 Å². The molecule has 0 aliphatic carbocycles. The van der Waals surface area contributed by atoms with Crippen LogP contribution in [0.25, 0.3) is 0 Å². The molecule has 6 heteroatoms. The molecule has 0 radical (unpaired) electrons. The highest BCUT2D eigenvalue weighted by atomic mass is 19.4. The second-order valence-corrected chi connectivity index (χ2v) is 5.41. The van der Waals surface area contributed by atoms with Gasteiger partial charge < -0.3 is 10.6 Å². The Bertz CT molecular complexity index is 804. The molecule has 0 heterocycles. The van der Waals surface area contributed by atoms with Crippen LogP contribution in [0.3, 0.4) is 0 Å². The summed E-state index contributed by atoms with van der Waals surface area (Å²) in [5.41, 5.74) is 1.58. The van der Waals surface area contributed by atoms with Crippen LogP contribution in [0.5, 0.6) is 0 Å². The van der Waals surface area contributed by atoms with Gasteiger partial charge >= 0.3 is 12.2 Å². The molecule has 2 amide bonds. The minimum absolute atomic E-state index is 0.0376. The van der Waals surface area contributed by atoms with Crippen LogP contribution >= 0.6 is 0 Å². The van der Waals surface area contributed by atoms with Crippen molar-refractivity contribution in [2.45, 2.75) is 19.6 Å². The lowest BCUT2D eigenvalue weighted by Crippen LogP contribution is -2.35. The van der Waals surface area contributed by atoms with Gasteiger partial charge in [-0.1, -0.05) is 47.7 Å². The normalized spacial score (nSPS) is 10.6. The van der Waals surface area contributed by atoms with Gasteiger partial charge in [-0.2, -0.15) is 13.2 Å². The molecular formula is C19H17F3N2O. The summed E-state index contributed by atoms with van der Waals surface area (Å²) < 4.78 is 37.8. The zero-order valence-corrected chi connectivity index (χ0v) is 13.6. The van der Waals surface area contributed by atoms with E-state index in [0.29, 0.717) is 6.54 Å². The third-order valence-corrected chi connectivity index (χ3v) is 3.30. The zero-order chi connectivity index (χ0) is 18.3. The van der Waals surface area contributed by atoms with E-state index in [4.69, 9.17) is 0 Å². The summed E-state index contributed by atoms with van der Waals surface area (Å²) >= 11 is 0. The van der Waals surface area contributed by atoms with Crippen LogP contribution in [0.1, 0.15) is 22.3 Å². The lowest BCUT2D eigenvalue weighted by atomic mass is 10.1. The largest absolute Gasteiger partial charge is 0.416 e. The molecule has 0 aliphatic heterocycles. The fourth-order valence-corrected chi connectivity index (χ4v) is 2.11. The number of nitrogens with one attached hydrogen (secondary N) is 2. The molecule has 3 nitrogen and oxygen atoms in total. The number of aryl methyl sites for hydroxylation is 1. The average Bonchev–Trinajstić information content (AvgIpc) is 2.56. The highest BCUT2D eigenvalue weighted by Crippen LogP contribution is 2.29. The van der Waals surface area contributed by atoms with E-state index in [-0.39, 0.29) is 18.1 Å². The molecule has 2 aromatic rings. The maximum Gasteiger partial charge on any atom is 0.416 e.